The molecule has 2 atom stereocenters. The van der Waals surface area contributed by atoms with Crippen molar-refractivity contribution in [2.75, 3.05) is 26.1 Å². The van der Waals surface area contributed by atoms with Gasteiger partial charge in [-0.2, -0.15) is 8.78 Å². The lowest BCUT2D eigenvalue weighted by Crippen LogP contribution is -2.41. The summed E-state index contributed by atoms with van der Waals surface area (Å²) in [6, 6.07) is 5.20. The first-order valence-electron chi connectivity index (χ1n) is 14.1. The number of rotatable bonds is 9. The van der Waals surface area contributed by atoms with Gasteiger partial charge in [-0.15, -0.1) is 0 Å². The number of benzene rings is 2. The molecule has 5 rings (SSSR count). The van der Waals surface area contributed by atoms with Crippen LogP contribution in [0.2, 0.25) is 0 Å². The summed E-state index contributed by atoms with van der Waals surface area (Å²) in [5.74, 6) is -2.82. The first-order chi connectivity index (χ1) is 19.2. The molecule has 10 heteroatoms. The number of alkyl halides is 2. The van der Waals surface area contributed by atoms with E-state index < -0.39 is 28.9 Å². The number of likely N-dealkylation sites (N-methyl/N-ethyl adjacent to an activating group) is 1. The minimum absolute atomic E-state index is 0.0239. The van der Waals surface area contributed by atoms with Gasteiger partial charge in [-0.3, -0.25) is 4.90 Å². The second-order valence-electron chi connectivity index (χ2n) is 12.1. The average Bonchev–Trinajstić information content (AvgIpc) is 3.62. The number of fused-ring (bicyclic) bond motifs is 1. The number of hydrogen-bond donors (Lipinski definition) is 2. The van der Waals surface area contributed by atoms with E-state index >= 15 is 4.39 Å². The second-order valence-corrected chi connectivity index (χ2v) is 12.1. The summed E-state index contributed by atoms with van der Waals surface area (Å²) >= 11 is 0. The number of aliphatic hydroxyl groups is 1. The summed E-state index contributed by atoms with van der Waals surface area (Å²) in [5, 5.41) is 13.9. The maximum Gasteiger partial charge on any atom is 0.303 e. The number of ether oxygens (including phenoxy) is 2. The van der Waals surface area contributed by atoms with Gasteiger partial charge in [0.2, 0.25) is 0 Å². The van der Waals surface area contributed by atoms with E-state index in [2.05, 4.69) is 27.2 Å². The predicted molar refractivity (Wildman–Crippen MR) is 152 cm³/mol. The van der Waals surface area contributed by atoms with Gasteiger partial charge in [0.15, 0.2) is 11.5 Å². The largest absolute Gasteiger partial charge is 0.493 e. The van der Waals surface area contributed by atoms with Gasteiger partial charge in [-0.1, -0.05) is 12.1 Å². The van der Waals surface area contributed by atoms with Crippen LogP contribution < -0.4 is 14.8 Å². The zero-order chi connectivity index (χ0) is 29.9. The van der Waals surface area contributed by atoms with Crippen LogP contribution in [0.3, 0.4) is 0 Å². The van der Waals surface area contributed by atoms with Crippen LogP contribution in [-0.4, -0.2) is 57.9 Å². The summed E-state index contributed by atoms with van der Waals surface area (Å²) in [6.07, 6.45) is 4.74. The molecule has 1 aliphatic heterocycles. The molecule has 2 aromatic carbocycles. The Morgan fingerprint density at radius 2 is 1.90 bits per heavy atom. The Morgan fingerprint density at radius 3 is 2.51 bits per heavy atom. The fourth-order valence-corrected chi connectivity index (χ4v) is 6.02. The van der Waals surface area contributed by atoms with Crippen LogP contribution in [0, 0.1) is 19.7 Å². The zero-order valence-corrected chi connectivity index (χ0v) is 24.7. The molecule has 41 heavy (non-hydrogen) atoms. The molecule has 0 unspecified atom stereocenters. The molecular formula is C31H39F3N4O3. The van der Waals surface area contributed by atoms with Crippen molar-refractivity contribution in [2.24, 2.45) is 0 Å². The lowest BCUT2D eigenvalue weighted by molar-refractivity contribution is -0.170. The number of likely N-dealkylation sites (tertiary alicyclic amines) is 1. The maximum absolute atomic E-state index is 15.5. The molecule has 0 amide bonds. The molecule has 1 aliphatic carbocycles. The average molecular weight is 573 g/mol. The third-order valence-electron chi connectivity index (χ3n) is 8.91. The van der Waals surface area contributed by atoms with E-state index in [1.807, 2.05) is 13.0 Å². The third kappa shape index (κ3) is 5.09. The Balaban J connectivity index is 1.48. The Morgan fingerprint density at radius 1 is 1.20 bits per heavy atom. The highest BCUT2D eigenvalue weighted by Crippen LogP contribution is 2.51. The molecule has 2 aliphatic rings. The summed E-state index contributed by atoms with van der Waals surface area (Å²) < 4.78 is 57.4. The van der Waals surface area contributed by atoms with Gasteiger partial charge in [0, 0.05) is 28.1 Å². The van der Waals surface area contributed by atoms with Crippen LogP contribution in [0.15, 0.2) is 24.3 Å². The van der Waals surface area contributed by atoms with E-state index in [4.69, 9.17) is 9.47 Å². The van der Waals surface area contributed by atoms with E-state index in [0.29, 0.717) is 52.2 Å². The molecule has 0 bridgehead atoms. The lowest BCUT2D eigenvalue weighted by Gasteiger charge is -2.30. The molecule has 2 fully saturated rings. The van der Waals surface area contributed by atoms with Crippen molar-refractivity contribution in [1.29, 1.82) is 0 Å². The third-order valence-corrected chi connectivity index (χ3v) is 8.91. The van der Waals surface area contributed by atoms with E-state index in [0.717, 1.165) is 31.9 Å². The van der Waals surface area contributed by atoms with Crippen molar-refractivity contribution in [3.63, 3.8) is 0 Å². The number of methoxy groups -OCH3 is 1. The van der Waals surface area contributed by atoms with Gasteiger partial charge in [0.05, 0.1) is 24.2 Å². The Bertz CT molecular complexity index is 1470. The van der Waals surface area contributed by atoms with Gasteiger partial charge in [-0.05, 0) is 79.5 Å². The van der Waals surface area contributed by atoms with E-state index in [-0.39, 0.29) is 5.56 Å². The first-order valence-corrected chi connectivity index (χ1v) is 14.1. The smallest absolute Gasteiger partial charge is 0.303 e. The van der Waals surface area contributed by atoms with Gasteiger partial charge in [0.1, 0.15) is 29.7 Å². The fourth-order valence-electron chi connectivity index (χ4n) is 6.02. The van der Waals surface area contributed by atoms with Crippen molar-refractivity contribution in [1.82, 2.24) is 14.9 Å². The number of aryl methyl sites for hydroxylation is 2. The number of aromatic nitrogens is 2. The first kappa shape index (κ1) is 29.4. The highest BCUT2D eigenvalue weighted by atomic mass is 19.3. The van der Waals surface area contributed by atoms with Crippen molar-refractivity contribution in [2.45, 2.75) is 89.4 Å². The van der Waals surface area contributed by atoms with Crippen LogP contribution in [0.1, 0.15) is 75.0 Å². The monoisotopic (exact) mass is 572 g/mol. The summed E-state index contributed by atoms with van der Waals surface area (Å²) in [4.78, 5) is 11.7. The number of halogens is 3. The summed E-state index contributed by atoms with van der Waals surface area (Å²) in [6.45, 7) is 7.75. The molecule has 1 saturated heterocycles. The number of nitrogens with one attached hydrogen (secondary N) is 1. The Kier molecular flexibility index (Phi) is 7.39. The minimum atomic E-state index is -3.79. The highest BCUT2D eigenvalue weighted by molar-refractivity contribution is 5.94. The van der Waals surface area contributed by atoms with Crippen LogP contribution >= 0.6 is 0 Å². The highest BCUT2D eigenvalue weighted by Gasteiger charge is 2.52. The molecular weight excluding hydrogens is 533 g/mol. The lowest BCUT2D eigenvalue weighted by atomic mass is 9.91. The van der Waals surface area contributed by atoms with Gasteiger partial charge in [-0.25, -0.2) is 14.4 Å². The Hall–Kier alpha value is -3.11. The molecule has 0 radical (unpaired) electrons. The van der Waals surface area contributed by atoms with E-state index in [1.165, 1.54) is 31.4 Å². The molecule has 1 saturated carbocycles. The van der Waals surface area contributed by atoms with E-state index in [1.54, 1.807) is 21.0 Å². The molecule has 2 heterocycles. The van der Waals surface area contributed by atoms with Crippen LogP contribution in [0.5, 0.6) is 11.5 Å². The quantitative estimate of drug-likeness (QED) is 0.306. The van der Waals surface area contributed by atoms with Crippen molar-refractivity contribution in [3.05, 3.63) is 52.6 Å². The van der Waals surface area contributed by atoms with Gasteiger partial charge >= 0.3 is 5.92 Å². The van der Waals surface area contributed by atoms with Crippen molar-refractivity contribution >= 4 is 16.7 Å². The summed E-state index contributed by atoms with van der Waals surface area (Å²) in [5.41, 5.74) is -1.51. The SMILES string of the molecule is COc1c(OC[C@@H]2CCC3(CC3)N2C)cc2c(N[C@H](C)c3cccc(C(F)(F)C(C)(C)O)c3F)nc(C)nc2c1C. The molecule has 7 nitrogen and oxygen atoms in total. The Labute approximate surface area is 239 Å². The predicted octanol–water partition coefficient (Wildman–Crippen LogP) is 6.44. The number of anilines is 1. The van der Waals surface area contributed by atoms with Gasteiger partial charge < -0.3 is 19.9 Å². The van der Waals surface area contributed by atoms with Gasteiger partial charge in [0.25, 0.3) is 0 Å². The van der Waals surface area contributed by atoms with E-state index in [9.17, 15) is 13.9 Å². The topological polar surface area (TPSA) is 79.7 Å². The number of hydrogen-bond acceptors (Lipinski definition) is 7. The van der Waals surface area contributed by atoms with Crippen LogP contribution in [0.25, 0.3) is 10.9 Å². The maximum atomic E-state index is 15.5. The van der Waals surface area contributed by atoms with Crippen molar-refractivity contribution < 1.29 is 27.8 Å². The fraction of sp³-hybridized carbons (Fsp3) is 0.548. The molecule has 2 N–H and O–H groups in total. The molecule has 1 aromatic heterocycles. The number of nitrogens with zero attached hydrogens (tertiary/aromatic N) is 3. The molecule has 3 aromatic rings. The van der Waals surface area contributed by atoms with Crippen LogP contribution in [0.4, 0.5) is 19.0 Å². The normalized spacial score (nSPS) is 19.5. The standard InChI is InChI=1S/C31H39F3N4O3/c1-17-26-22(15-24(27(17)40-7)41-16-20-11-12-30(13-14-30)38(20)6)28(37-19(3)36-26)35-18(2)21-9-8-10-23(25(21)32)31(33,34)29(4,5)39/h8-10,15,18,20,39H,11-14,16H2,1-7H3,(H,35,36,37)/t18-,20+/m1/s1. The van der Waals surface area contributed by atoms with Crippen molar-refractivity contribution in [3.8, 4) is 11.5 Å². The minimum Gasteiger partial charge on any atom is -0.493 e. The molecule has 1 spiro atoms. The second kappa shape index (κ2) is 10.3. The zero-order valence-electron chi connectivity index (χ0n) is 24.7. The summed E-state index contributed by atoms with van der Waals surface area (Å²) in [7, 11) is 3.76. The van der Waals surface area contributed by atoms with Crippen LogP contribution in [-0.2, 0) is 5.92 Å². The molecule has 222 valence electrons.